The molecule has 0 unspecified atom stereocenters. The lowest BCUT2D eigenvalue weighted by molar-refractivity contribution is 0.560. The highest BCUT2D eigenvalue weighted by Gasteiger charge is 2.05. The Labute approximate surface area is 139 Å². The van der Waals surface area contributed by atoms with Crippen LogP contribution < -0.4 is 16.3 Å². The normalized spacial score (nSPS) is 10.5. The molecule has 4 nitrogen and oxygen atoms in total. The Hall–Kier alpha value is -2.66. The van der Waals surface area contributed by atoms with Crippen LogP contribution in [0.5, 0.6) is 0 Å². The van der Waals surface area contributed by atoms with Gasteiger partial charge < -0.3 is 15.1 Å². The van der Waals surface area contributed by atoms with E-state index in [1.165, 1.54) is 6.07 Å². The third kappa shape index (κ3) is 3.57. The van der Waals surface area contributed by atoms with E-state index in [4.69, 9.17) is 16.6 Å². The molecule has 0 saturated heterocycles. The molecule has 5 heteroatoms. The average molecular weight is 324 g/mol. The minimum absolute atomic E-state index is 0.354. The summed E-state index contributed by atoms with van der Waals surface area (Å²) in [5, 5.41) is 7.62. The van der Waals surface area contributed by atoms with E-state index < -0.39 is 0 Å². The zero-order chi connectivity index (χ0) is 16.4. The number of rotatable bonds is 2. The van der Waals surface area contributed by atoms with Crippen LogP contribution in [-0.4, -0.2) is 5.11 Å². The molecule has 0 amide bonds. The monoisotopic (exact) mass is 324 g/mol. The lowest BCUT2D eigenvalue weighted by Crippen LogP contribution is -2.19. The van der Waals surface area contributed by atoms with Crippen molar-refractivity contribution in [1.82, 2.24) is 0 Å². The summed E-state index contributed by atoms with van der Waals surface area (Å²) in [6.45, 7) is 3.91. The minimum Gasteiger partial charge on any atom is -0.423 e. The van der Waals surface area contributed by atoms with E-state index >= 15 is 0 Å². The van der Waals surface area contributed by atoms with Gasteiger partial charge in [-0.2, -0.15) is 0 Å². The average Bonchev–Trinajstić information content (AvgIpc) is 2.46. The molecule has 0 saturated carbocycles. The SMILES string of the molecule is Cc1cccc(NC(=S)Nc2ccc3c(C)cc(=O)oc3c2)c1. The molecule has 0 aliphatic rings. The Morgan fingerprint density at radius 1 is 1.00 bits per heavy atom. The number of aryl methyl sites for hydroxylation is 2. The molecular formula is C18H16N2O2S. The quantitative estimate of drug-likeness (QED) is 0.546. The molecular weight excluding hydrogens is 308 g/mol. The van der Waals surface area contributed by atoms with Gasteiger partial charge in [-0.05, 0) is 61.5 Å². The third-order valence-electron chi connectivity index (χ3n) is 3.49. The van der Waals surface area contributed by atoms with Crippen molar-refractivity contribution >= 4 is 39.7 Å². The van der Waals surface area contributed by atoms with Gasteiger partial charge in [0.1, 0.15) is 5.58 Å². The van der Waals surface area contributed by atoms with Crippen LogP contribution in [0.25, 0.3) is 11.0 Å². The van der Waals surface area contributed by atoms with Crippen LogP contribution in [0.3, 0.4) is 0 Å². The summed E-state index contributed by atoms with van der Waals surface area (Å²) in [5.74, 6) is 0. The van der Waals surface area contributed by atoms with Crippen LogP contribution in [0.1, 0.15) is 11.1 Å². The van der Waals surface area contributed by atoms with E-state index in [2.05, 4.69) is 10.6 Å². The fourth-order valence-electron chi connectivity index (χ4n) is 2.42. The second-order valence-electron chi connectivity index (χ2n) is 5.41. The zero-order valence-corrected chi connectivity index (χ0v) is 13.7. The van der Waals surface area contributed by atoms with Crippen molar-refractivity contribution in [2.75, 3.05) is 10.6 Å². The summed E-state index contributed by atoms with van der Waals surface area (Å²) in [4.78, 5) is 11.5. The van der Waals surface area contributed by atoms with Crippen LogP contribution in [0.15, 0.2) is 57.7 Å². The topological polar surface area (TPSA) is 54.3 Å². The number of anilines is 2. The smallest absolute Gasteiger partial charge is 0.336 e. The van der Waals surface area contributed by atoms with Crippen molar-refractivity contribution in [2.45, 2.75) is 13.8 Å². The summed E-state index contributed by atoms with van der Waals surface area (Å²) >= 11 is 5.32. The van der Waals surface area contributed by atoms with E-state index in [0.717, 1.165) is 27.9 Å². The maximum atomic E-state index is 11.5. The Balaban J connectivity index is 1.81. The summed E-state index contributed by atoms with van der Waals surface area (Å²) in [5.41, 5.74) is 3.91. The first kappa shape index (κ1) is 15.2. The molecule has 116 valence electrons. The summed E-state index contributed by atoms with van der Waals surface area (Å²) in [7, 11) is 0. The Morgan fingerprint density at radius 2 is 1.74 bits per heavy atom. The van der Waals surface area contributed by atoms with Gasteiger partial charge in [0.05, 0.1) is 0 Å². The molecule has 0 bridgehead atoms. The van der Waals surface area contributed by atoms with Gasteiger partial charge in [0.15, 0.2) is 5.11 Å². The van der Waals surface area contributed by atoms with E-state index in [1.807, 2.05) is 50.2 Å². The first-order valence-electron chi connectivity index (χ1n) is 7.20. The Morgan fingerprint density at radius 3 is 2.48 bits per heavy atom. The van der Waals surface area contributed by atoms with Gasteiger partial charge in [-0.1, -0.05) is 12.1 Å². The van der Waals surface area contributed by atoms with Crippen LogP contribution in [-0.2, 0) is 0 Å². The number of nitrogens with one attached hydrogen (secondary N) is 2. The predicted octanol–water partition coefficient (Wildman–Crippen LogP) is 4.22. The molecule has 2 aromatic carbocycles. The largest absolute Gasteiger partial charge is 0.423 e. The Kier molecular flexibility index (Phi) is 4.12. The lowest BCUT2D eigenvalue weighted by Gasteiger charge is -2.11. The highest BCUT2D eigenvalue weighted by Crippen LogP contribution is 2.21. The van der Waals surface area contributed by atoms with Crippen LogP contribution >= 0.6 is 12.2 Å². The van der Waals surface area contributed by atoms with Crippen molar-refractivity contribution in [1.29, 1.82) is 0 Å². The van der Waals surface area contributed by atoms with Crippen molar-refractivity contribution in [3.8, 4) is 0 Å². The maximum absolute atomic E-state index is 11.5. The van der Waals surface area contributed by atoms with Gasteiger partial charge in [-0.25, -0.2) is 4.79 Å². The van der Waals surface area contributed by atoms with Crippen molar-refractivity contribution < 1.29 is 4.42 Å². The first-order valence-corrected chi connectivity index (χ1v) is 7.61. The molecule has 3 rings (SSSR count). The van der Waals surface area contributed by atoms with Crippen molar-refractivity contribution in [2.24, 2.45) is 0 Å². The van der Waals surface area contributed by atoms with Gasteiger partial charge in [-0.15, -0.1) is 0 Å². The number of benzene rings is 2. The second-order valence-corrected chi connectivity index (χ2v) is 5.82. The molecule has 1 aromatic heterocycles. The van der Waals surface area contributed by atoms with Gasteiger partial charge in [0, 0.05) is 28.9 Å². The summed E-state index contributed by atoms with van der Waals surface area (Å²) in [6, 6.07) is 15.0. The van der Waals surface area contributed by atoms with E-state index in [-0.39, 0.29) is 5.63 Å². The molecule has 0 aliphatic heterocycles. The number of thiocarbonyl (C=S) groups is 1. The molecule has 23 heavy (non-hydrogen) atoms. The molecule has 0 spiro atoms. The molecule has 3 aromatic rings. The van der Waals surface area contributed by atoms with Crippen molar-refractivity contribution in [3.63, 3.8) is 0 Å². The zero-order valence-electron chi connectivity index (χ0n) is 12.8. The fourth-order valence-corrected chi connectivity index (χ4v) is 2.65. The van der Waals surface area contributed by atoms with Gasteiger partial charge in [-0.3, -0.25) is 0 Å². The fraction of sp³-hybridized carbons (Fsp3) is 0.111. The highest BCUT2D eigenvalue weighted by molar-refractivity contribution is 7.80. The van der Waals surface area contributed by atoms with Gasteiger partial charge >= 0.3 is 5.63 Å². The summed E-state index contributed by atoms with van der Waals surface area (Å²) < 4.78 is 5.24. The third-order valence-corrected chi connectivity index (χ3v) is 3.69. The Bertz CT molecular complexity index is 947. The molecule has 0 fully saturated rings. The number of hydrogen-bond acceptors (Lipinski definition) is 3. The van der Waals surface area contributed by atoms with Crippen molar-refractivity contribution in [3.05, 3.63) is 70.1 Å². The minimum atomic E-state index is -0.354. The maximum Gasteiger partial charge on any atom is 0.336 e. The molecule has 0 atom stereocenters. The van der Waals surface area contributed by atoms with Crippen LogP contribution in [0, 0.1) is 13.8 Å². The second kappa shape index (κ2) is 6.22. The van der Waals surface area contributed by atoms with E-state index in [0.29, 0.717) is 10.7 Å². The highest BCUT2D eigenvalue weighted by atomic mass is 32.1. The van der Waals surface area contributed by atoms with E-state index in [9.17, 15) is 4.79 Å². The molecule has 0 radical (unpaired) electrons. The number of hydrogen-bond donors (Lipinski definition) is 2. The molecule has 2 N–H and O–H groups in total. The molecule has 1 heterocycles. The standard InChI is InChI=1S/C18H16N2O2S/c1-11-4-3-5-13(8-11)19-18(23)20-14-6-7-15-12(2)9-17(21)22-16(15)10-14/h3-10H,1-2H3,(H2,19,20,23). The van der Waals surface area contributed by atoms with Crippen LogP contribution in [0.4, 0.5) is 11.4 Å². The summed E-state index contributed by atoms with van der Waals surface area (Å²) in [6.07, 6.45) is 0. The molecule has 0 aliphatic carbocycles. The first-order chi connectivity index (χ1) is 11.0. The van der Waals surface area contributed by atoms with Crippen LogP contribution in [0.2, 0.25) is 0 Å². The lowest BCUT2D eigenvalue weighted by atomic mass is 10.1. The number of fused-ring (bicyclic) bond motifs is 1. The predicted molar refractivity (Wildman–Crippen MR) is 98.2 cm³/mol. The van der Waals surface area contributed by atoms with Gasteiger partial charge in [0.25, 0.3) is 0 Å². The van der Waals surface area contributed by atoms with E-state index in [1.54, 1.807) is 6.07 Å². The van der Waals surface area contributed by atoms with Gasteiger partial charge in [0.2, 0.25) is 0 Å².